The second kappa shape index (κ2) is 10.9. The summed E-state index contributed by atoms with van der Waals surface area (Å²) in [5.41, 5.74) is 4.99. The Bertz CT molecular complexity index is 719. The molecule has 4 heteroatoms. The van der Waals surface area contributed by atoms with Gasteiger partial charge in [-0.2, -0.15) is 0 Å². The van der Waals surface area contributed by atoms with Crippen LogP contribution in [0.25, 0.3) is 6.08 Å². The molecule has 1 aliphatic rings. The number of halogens is 1. The largest absolute Gasteiger partial charge is 0.504 e. The lowest BCUT2D eigenvalue weighted by Crippen LogP contribution is -2.12. The number of rotatable bonds is 10. The lowest BCUT2D eigenvalue weighted by molar-refractivity contribution is 0.116. The van der Waals surface area contributed by atoms with Crippen LogP contribution in [-0.4, -0.2) is 24.9 Å². The van der Waals surface area contributed by atoms with Gasteiger partial charge in [-0.1, -0.05) is 51.0 Å². The molecule has 0 saturated heterocycles. The van der Waals surface area contributed by atoms with Crippen LogP contribution in [0.4, 0.5) is 0 Å². The van der Waals surface area contributed by atoms with Crippen LogP contribution in [0, 0.1) is 3.57 Å². The third-order valence-corrected chi connectivity index (χ3v) is 5.67. The van der Waals surface area contributed by atoms with Crippen molar-refractivity contribution >= 4 is 28.7 Å². The summed E-state index contributed by atoms with van der Waals surface area (Å²) < 4.78 is 12.0. The predicted octanol–water partition coefficient (Wildman–Crippen LogP) is 6.65. The summed E-state index contributed by atoms with van der Waals surface area (Å²) in [5.74, 6) is 0.722. The highest BCUT2D eigenvalue weighted by Crippen LogP contribution is 2.34. The lowest BCUT2D eigenvalue weighted by atomic mass is 9.93. The summed E-state index contributed by atoms with van der Waals surface area (Å²) >= 11 is 2.14. The van der Waals surface area contributed by atoms with Crippen molar-refractivity contribution in [3.05, 3.63) is 50.6 Å². The second-order valence-corrected chi connectivity index (χ2v) is 8.14. The quantitative estimate of drug-likeness (QED) is 0.380. The number of benzene rings is 1. The van der Waals surface area contributed by atoms with E-state index in [1.807, 2.05) is 12.1 Å². The number of ether oxygens (including phenoxy) is 2. The minimum Gasteiger partial charge on any atom is -0.504 e. The molecule has 27 heavy (non-hydrogen) atoms. The highest BCUT2D eigenvalue weighted by Gasteiger charge is 2.21. The third kappa shape index (κ3) is 6.11. The number of allylic oxidation sites excluding steroid dienone is 1. The van der Waals surface area contributed by atoms with Gasteiger partial charge in [0.05, 0.1) is 23.4 Å². The van der Waals surface area contributed by atoms with Crippen LogP contribution in [0.15, 0.2) is 41.5 Å². The average Bonchev–Trinajstić information content (AvgIpc) is 3.11. The van der Waals surface area contributed by atoms with Crippen LogP contribution in [-0.2, 0) is 4.74 Å². The number of phenolic OH excluding ortho intramolecular Hbond substituents is 1. The Morgan fingerprint density at radius 1 is 1.30 bits per heavy atom. The summed E-state index contributed by atoms with van der Waals surface area (Å²) in [5, 5.41) is 10.0. The molecule has 1 heterocycles. The van der Waals surface area contributed by atoms with E-state index in [1.165, 1.54) is 16.7 Å². The van der Waals surface area contributed by atoms with Crippen LogP contribution in [0.2, 0.25) is 0 Å². The summed E-state index contributed by atoms with van der Waals surface area (Å²) in [6.45, 7) is 9.33. The van der Waals surface area contributed by atoms with Gasteiger partial charge in [0.1, 0.15) is 0 Å². The van der Waals surface area contributed by atoms with Crippen LogP contribution < -0.4 is 4.74 Å². The molecule has 1 aromatic carbocycles. The van der Waals surface area contributed by atoms with E-state index in [1.54, 1.807) is 7.11 Å². The molecular formula is C23H31IO3. The topological polar surface area (TPSA) is 38.7 Å². The van der Waals surface area contributed by atoms with Crippen molar-refractivity contribution in [2.24, 2.45) is 0 Å². The standard InChI is InChI=1S/C23H31IO3/c1-5-7-16(3)19-11-12-27-21(19)10-9-17(8-6-2)13-18-14-20(24)23(25)22(15-18)26-4/h11,13-15,21,25H,3,5-10,12H2,1-2,4H3/b17-13+. The van der Waals surface area contributed by atoms with Gasteiger partial charge < -0.3 is 14.6 Å². The van der Waals surface area contributed by atoms with Gasteiger partial charge in [0.15, 0.2) is 11.5 Å². The molecule has 1 atom stereocenters. The Balaban J connectivity index is 2.12. The zero-order chi connectivity index (χ0) is 19.8. The summed E-state index contributed by atoms with van der Waals surface area (Å²) in [6.07, 6.45) is 10.9. The predicted molar refractivity (Wildman–Crippen MR) is 121 cm³/mol. The SMILES string of the molecule is C=C(CCC)C1=CCOC1CC/C(=C/c1cc(I)c(O)c(OC)c1)CCC. The van der Waals surface area contributed by atoms with Crippen molar-refractivity contribution in [2.45, 2.75) is 58.5 Å². The maximum Gasteiger partial charge on any atom is 0.171 e. The number of phenols is 1. The van der Waals surface area contributed by atoms with Crippen molar-refractivity contribution in [1.82, 2.24) is 0 Å². The lowest BCUT2D eigenvalue weighted by Gasteiger charge is -2.18. The van der Waals surface area contributed by atoms with Crippen molar-refractivity contribution in [3.8, 4) is 11.5 Å². The van der Waals surface area contributed by atoms with Crippen molar-refractivity contribution in [1.29, 1.82) is 0 Å². The molecule has 1 unspecified atom stereocenters. The van der Waals surface area contributed by atoms with Crippen LogP contribution in [0.5, 0.6) is 11.5 Å². The van der Waals surface area contributed by atoms with Gasteiger partial charge >= 0.3 is 0 Å². The number of hydrogen-bond donors (Lipinski definition) is 1. The van der Waals surface area contributed by atoms with E-state index in [-0.39, 0.29) is 11.9 Å². The van der Waals surface area contributed by atoms with Gasteiger partial charge in [-0.15, -0.1) is 0 Å². The molecule has 2 rings (SSSR count). The molecule has 0 bridgehead atoms. The zero-order valence-corrected chi connectivity index (χ0v) is 18.8. The first-order valence-electron chi connectivity index (χ1n) is 9.75. The Morgan fingerprint density at radius 3 is 2.70 bits per heavy atom. The first kappa shape index (κ1) is 22.0. The molecule has 1 aromatic rings. The van der Waals surface area contributed by atoms with E-state index in [9.17, 15) is 5.11 Å². The average molecular weight is 482 g/mol. The minimum absolute atomic E-state index is 0.166. The van der Waals surface area contributed by atoms with Crippen molar-refractivity contribution in [3.63, 3.8) is 0 Å². The molecule has 0 amide bonds. The summed E-state index contributed by atoms with van der Waals surface area (Å²) in [7, 11) is 1.58. The molecular weight excluding hydrogens is 451 g/mol. The smallest absolute Gasteiger partial charge is 0.171 e. The van der Waals surface area contributed by atoms with Gasteiger partial charge in [0.25, 0.3) is 0 Å². The van der Waals surface area contributed by atoms with E-state index in [4.69, 9.17) is 9.47 Å². The normalized spacial score (nSPS) is 17.1. The Labute approximate surface area is 177 Å². The molecule has 148 valence electrons. The second-order valence-electron chi connectivity index (χ2n) is 6.98. The monoisotopic (exact) mass is 482 g/mol. The molecule has 0 aromatic heterocycles. The van der Waals surface area contributed by atoms with Gasteiger partial charge in [0, 0.05) is 0 Å². The first-order valence-corrected chi connectivity index (χ1v) is 10.8. The fourth-order valence-electron chi connectivity index (χ4n) is 3.51. The van der Waals surface area contributed by atoms with Gasteiger partial charge in [-0.3, -0.25) is 0 Å². The molecule has 0 aliphatic carbocycles. The number of aromatic hydroxyl groups is 1. The number of methoxy groups -OCH3 is 1. The Kier molecular flexibility index (Phi) is 8.90. The highest BCUT2D eigenvalue weighted by atomic mass is 127. The maximum absolute atomic E-state index is 10.0. The minimum atomic E-state index is 0.166. The molecule has 0 fully saturated rings. The Morgan fingerprint density at radius 2 is 2.04 bits per heavy atom. The molecule has 3 nitrogen and oxygen atoms in total. The fraction of sp³-hybridized carbons (Fsp3) is 0.478. The van der Waals surface area contributed by atoms with Gasteiger partial charge in [0.2, 0.25) is 0 Å². The van der Waals surface area contributed by atoms with Gasteiger partial charge in [-0.25, -0.2) is 0 Å². The van der Waals surface area contributed by atoms with Crippen LogP contribution in [0.1, 0.15) is 57.9 Å². The highest BCUT2D eigenvalue weighted by molar-refractivity contribution is 14.1. The zero-order valence-electron chi connectivity index (χ0n) is 16.7. The summed E-state index contributed by atoms with van der Waals surface area (Å²) in [6, 6.07) is 3.89. The number of hydrogen-bond acceptors (Lipinski definition) is 3. The van der Waals surface area contributed by atoms with E-state index >= 15 is 0 Å². The summed E-state index contributed by atoms with van der Waals surface area (Å²) in [4.78, 5) is 0. The first-order chi connectivity index (χ1) is 13.0. The third-order valence-electron chi connectivity index (χ3n) is 4.85. The van der Waals surface area contributed by atoms with Crippen LogP contribution in [0.3, 0.4) is 0 Å². The molecule has 1 N–H and O–H groups in total. The molecule has 0 saturated carbocycles. The van der Waals surface area contributed by atoms with Crippen molar-refractivity contribution < 1.29 is 14.6 Å². The van der Waals surface area contributed by atoms with E-state index < -0.39 is 0 Å². The van der Waals surface area contributed by atoms with E-state index in [0.29, 0.717) is 12.4 Å². The maximum atomic E-state index is 10.0. The molecule has 0 radical (unpaired) electrons. The molecule has 1 aliphatic heterocycles. The van der Waals surface area contributed by atoms with E-state index in [2.05, 4.69) is 55.2 Å². The van der Waals surface area contributed by atoms with Gasteiger partial charge in [-0.05, 0) is 77.1 Å². The fourth-order valence-corrected chi connectivity index (χ4v) is 4.13. The van der Waals surface area contributed by atoms with E-state index in [0.717, 1.165) is 47.7 Å². The molecule has 0 spiro atoms. The van der Waals surface area contributed by atoms with Crippen LogP contribution >= 0.6 is 22.6 Å². The Hall–Kier alpha value is -1.27. The van der Waals surface area contributed by atoms with Crippen molar-refractivity contribution in [2.75, 3.05) is 13.7 Å².